The summed E-state index contributed by atoms with van der Waals surface area (Å²) in [5.41, 5.74) is 0. The number of halogens is 1. The zero-order valence-corrected chi connectivity index (χ0v) is 16.7. The van der Waals surface area contributed by atoms with Crippen LogP contribution in [0.25, 0.3) is 0 Å². The number of hydrogen-bond acceptors (Lipinski definition) is 3. The molecule has 1 aliphatic heterocycles. The highest BCUT2D eigenvalue weighted by molar-refractivity contribution is 14.0. The predicted octanol–water partition coefficient (Wildman–Crippen LogP) is 1.12. The molecule has 0 aromatic carbocycles. The van der Waals surface area contributed by atoms with E-state index in [1.165, 1.54) is 19.4 Å². The maximum atomic E-state index is 11.6. The molecule has 0 aromatic rings. The van der Waals surface area contributed by atoms with Gasteiger partial charge in [-0.2, -0.15) is 0 Å². The average Bonchev–Trinajstić information content (AvgIpc) is 2.91. The molecule has 1 unspecified atom stereocenters. The molecule has 1 amide bonds. The van der Waals surface area contributed by atoms with E-state index in [9.17, 15) is 4.79 Å². The van der Waals surface area contributed by atoms with Gasteiger partial charge in [-0.15, -0.1) is 24.0 Å². The van der Waals surface area contributed by atoms with Crippen molar-refractivity contribution in [3.05, 3.63) is 0 Å². The number of nitrogens with zero attached hydrogens (tertiary/aromatic N) is 3. The van der Waals surface area contributed by atoms with Gasteiger partial charge in [-0.25, -0.2) is 0 Å². The van der Waals surface area contributed by atoms with Gasteiger partial charge < -0.3 is 15.5 Å². The molecule has 0 aromatic heterocycles. The average molecular weight is 425 g/mol. The Bertz CT molecular complexity index is 349. The van der Waals surface area contributed by atoms with Crippen molar-refractivity contribution in [1.82, 2.24) is 20.4 Å². The van der Waals surface area contributed by atoms with Crippen LogP contribution in [0.5, 0.6) is 0 Å². The van der Waals surface area contributed by atoms with Crippen LogP contribution < -0.4 is 10.6 Å². The zero-order valence-electron chi connectivity index (χ0n) is 14.4. The third-order valence-corrected chi connectivity index (χ3v) is 3.84. The van der Waals surface area contributed by atoms with Crippen LogP contribution in [0, 0.1) is 0 Å². The SMILES string of the molecule is CCNC(=NCC1CCCN1CC)NCCC(=O)N(C)C.I. The maximum absolute atomic E-state index is 11.6. The van der Waals surface area contributed by atoms with Crippen molar-refractivity contribution >= 4 is 35.8 Å². The predicted molar refractivity (Wildman–Crippen MR) is 103 cm³/mol. The Labute approximate surface area is 152 Å². The molecule has 22 heavy (non-hydrogen) atoms. The fourth-order valence-corrected chi connectivity index (χ4v) is 2.57. The van der Waals surface area contributed by atoms with Gasteiger partial charge in [0.15, 0.2) is 5.96 Å². The Morgan fingerprint density at radius 2 is 2.05 bits per heavy atom. The minimum atomic E-state index is 0. The number of likely N-dealkylation sites (N-methyl/N-ethyl adjacent to an activating group) is 1. The molecule has 0 saturated carbocycles. The monoisotopic (exact) mass is 425 g/mol. The number of aliphatic imine (C=N–C) groups is 1. The molecule has 130 valence electrons. The first-order valence-corrected chi connectivity index (χ1v) is 8.04. The van der Waals surface area contributed by atoms with Crippen molar-refractivity contribution in [2.24, 2.45) is 4.99 Å². The second kappa shape index (κ2) is 11.9. The van der Waals surface area contributed by atoms with Crippen LogP contribution in [0.4, 0.5) is 0 Å². The fourth-order valence-electron chi connectivity index (χ4n) is 2.57. The van der Waals surface area contributed by atoms with Crippen LogP contribution in [-0.2, 0) is 4.79 Å². The first-order chi connectivity index (χ1) is 10.1. The standard InChI is InChI=1S/C15H31N5O.HI/c1-5-16-15(17-10-9-14(21)19(3)4)18-12-13-8-7-11-20(13)6-2;/h13H,5-12H2,1-4H3,(H2,16,17,18);1H. The lowest BCUT2D eigenvalue weighted by molar-refractivity contribution is -0.128. The summed E-state index contributed by atoms with van der Waals surface area (Å²) in [5, 5.41) is 6.47. The van der Waals surface area contributed by atoms with Crippen molar-refractivity contribution in [2.75, 3.05) is 46.8 Å². The number of carbonyl (C=O) groups excluding carboxylic acids is 1. The molecular formula is C15H32IN5O. The van der Waals surface area contributed by atoms with E-state index < -0.39 is 0 Å². The van der Waals surface area contributed by atoms with Gasteiger partial charge in [0, 0.05) is 39.6 Å². The van der Waals surface area contributed by atoms with E-state index in [2.05, 4.69) is 34.4 Å². The first-order valence-electron chi connectivity index (χ1n) is 8.04. The second-order valence-electron chi connectivity index (χ2n) is 5.61. The van der Waals surface area contributed by atoms with Gasteiger partial charge in [-0.3, -0.25) is 14.7 Å². The number of carbonyl (C=O) groups is 1. The summed E-state index contributed by atoms with van der Waals surface area (Å²) in [6, 6.07) is 0.564. The van der Waals surface area contributed by atoms with Crippen LogP contribution >= 0.6 is 24.0 Å². The third kappa shape index (κ3) is 7.62. The molecule has 1 atom stereocenters. The molecule has 2 N–H and O–H groups in total. The molecule has 1 aliphatic rings. The van der Waals surface area contributed by atoms with Crippen LogP contribution in [0.1, 0.15) is 33.1 Å². The molecule has 0 bridgehead atoms. The van der Waals surface area contributed by atoms with E-state index in [1.807, 2.05) is 0 Å². The highest BCUT2D eigenvalue weighted by Gasteiger charge is 2.22. The molecule has 0 aliphatic carbocycles. The van der Waals surface area contributed by atoms with Gasteiger partial charge in [0.05, 0.1) is 6.54 Å². The summed E-state index contributed by atoms with van der Waals surface area (Å²) in [4.78, 5) is 20.3. The van der Waals surface area contributed by atoms with Crippen LogP contribution in [0.2, 0.25) is 0 Å². The highest BCUT2D eigenvalue weighted by Crippen LogP contribution is 2.16. The molecule has 7 heteroatoms. The highest BCUT2D eigenvalue weighted by atomic mass is 127. The van der Waals surface area contributed by atoms with Gasteiger partial charge >= 0.3 is 0 Å². The summed E-state index contributed by atoms with van der Waals surface area (Å²) in [5.74, 6) is 0.943. The number of likely N-dealkylation sites (tertiary alicyclic amines) is 1. The van der Waals surface area contributed by atoms with E-state index in [4.69, 9.17) is 0 Å². The Hall–Kier alpha value is -0.570. The molecule has 6 nitrogen and oxygen atoms in total. The van der Waals surface area contributed by atoms with Crippen molar-refractivity contribution < 1.29 is 4.79 Å². The van der Waals surface area contributed by atoms with Crippen LogP contribution in [0.15, 0.2) is 4.99 Å². The minimum absolute atomic E-state index is 0. The van der Waals surface area contributed by atoms with E-state index in [0.29, 0.717) is 19.0 Å². The topological polar surface area (TPSA) is 60.0 Å². The molecule has 1 saturated heterocycles. The number of amides is 1. The summed E-state index contributed by atoms with van der Waals surface area (Å²) in [6.45, 7) is 8.82. The normalized spacial score (nSPS) is 18.7. The van der Waals surface area contributed by atoms with E-state index in [-0.39, 0.29) is 29.9 Å². The summed E-state index contributed by atoms with van der Waals surface area (Å²) >= 11 is 0. The van der Waals surface area contributed by atoms with Gasteiger partial charge in [-0.1, -0.05) is 6.92 Å². The molecular weight excluding hydrogens is 393 g/mol. The lowest BCUT2D eigenvalue weighted by atomic mass is 10.2. The number of nitrogens with one attached hydrogen (secondary N) is 2. The fraction of sp³-hybridized carbons (Fsp3) is 0.867. The lowest BCUT2D eigenvalue weighted by Crippen LogP contribution is -2.40. The van der Waals surface area contributed by atoms with Crippen LogP contribution in [-0.4, -0.2) is 74.5 Å². The Kier molecular flexibility index (Phi) is 11.6. The lowest BCUT2D eigenvalue weighted by Gasteiger charge is -2.21. The van der Waals surface area contributed by atoms with Crippen LogP contribution in [0.3, 0.4) is 0 Å². The molecule has 1 rings (SSSR count). The smallest absolute Gasteiger partial charge is 0.223 e. The first kappa shape index (κ1) is 21.4. The Morgan fingerprint density at radius 3 is 2.64 bits per heavy atom. The van der Waals surface area contributed by atoms with E-state index in [1.54, 1.807) is 19.0 Å². The third-order valence-electron chi connectivity index (χ3n) is 3.84. The summed E-state index contributed by atoms with van der Waals surface area (Å²) in [6.07, 6.45) is 2.99. The van der Waals surface area contributed by atoms with E-state index in [0.717, 1.165) is 25.6 Å². The van der Waals surface area contributed by atoms with Gasteiger partial charge in [0.2, 0.25) is 5.91 Å². The Morgan fingerprint density at radius 1 is 1.32 bits per heavy atom. The molecule has 0 radical (unpaired) electrons. The molecule has 0 spiro atoms. The zero-order chi connectivity index (χ0) is 15.7. The van der Waals surface area contributed by atoms with E-state index >= 15 is 0 Å². The van der Waals surface area contributed by atoms with Gasteiger partial charge in [0.25, 0.3) is 0 Å². The summed E-state index contributed by atoms with van der Waals surface area (Å²) < 4.78 is 0. The van der Waals surface area contributed by atoms with Crippen molar-refractivity contribution in [3.63, 3.8) is 0 Å². The molecule has 1 fully saturated rings. The van der Waals surface area contributed by atoms with Gasteiger partial charge in [0.1, 0.15) is 0 Å². The maximum Gasteiger partial charge on any atom is 0.223 e. The number of guanidine groups is 1. The number of rotatable bonds is 7. The second-order valence-corrected chi connectivity index (χ2v) is 5.61. The van der Waals surface area contributed by atoms with Crippen molar-refractivity contribution in [3.8, 4) is 0 Å². The number of hydrogen-bond donors (Lipinski definition) is 2. The largest absolute Gasteiger partial charge is 0.357 e. The van der Waals surface area contributed by atoms with Crippen molar-refractivity contribution in [1.29, 1.82) is 0 Å². The Balaban J connectivity index is 0.00000441. The van der Waals surface area contributed by atoms with Gasteiger partial charge in [-0.05, 0) is 32.9 Å². The molecule has 1 heterocycles. The minimum Gasteiger partial charge on any atom is -0.357 e. The quantitative estimate of drug-likeness (QED) is 0.365. The van der Waals surface area contributed by atoms with Crippen molar-refractivity contribution in [2.45, 2.75) is 39.2 Å². The summed E-state index contributed by atoms with van der Waals surface area (Å²) in [7, 11) is 3.56.